The number of carbonyl (C=O) groups excluding carboxylic acids is 2. The predicted molar refractivity (Wildman–Crippen MR) is 92.7 cm³/mol. The van der Waals surface area contributed by atoms with Crippen molar-refractivity contribution in [1.82, 2.24) is 10.6 Å². The average molecular weight is 326 g/mol. The van der Waals surface area contributed by atoms with Gasteiger partial charge in [-0.1, -0.05) is 47.5 Å². The van der Waals surface area contributed by atoms with Crippen molar-refractivity contribution in [2.24, 2.45) is 0 Å². The minimum Gasteiger partial charge on any atom is -0.484 e. The first-order valence-electron chi connectivity index (χ1n) is 7.81. The molecule has 0 heterocycles. The van der Waals surface area contributed by atoms with Crippen molar-refractivity contribution in [2.75, 3.05) is 13.2 Å². The number of benzene rings is 2. The Morgan fingerprint density at radius 3 is 2.04 bits per heavy atom. The van der Waals surface area contributed by atoms with E-state index in [1.165, 1.54) is 5.56 Å². The molecule has 24 heavy (non-hydrogen) atoms. The highest BCUT2D eigenvalue weighted by Crippen LogP contribution is 2.10. The normalized spacial score (nSPS) is 10.1. The van der Waals surface area contributed by atoms with Crippen LogP contribution in [-0.2, 0) is 16.1 Å². The molecule has 0 saturated carbocycles. The molecule has 0 aliphatic rings. The molecule has 0 aliphatic heterocycles. The third-order valence-corrected chi connectivity index (χ3v) is 3.45. The molecule has 5 nitrogen and oxygen atoms in total. The minimum atomic E-state index is -0.332. The van der Waals surface area contributed by atoms with Crippen molar-refractivity contribution in [1.29, 1.82) is 0 Å². The number of amides is 2. The number of aryl methyl sites for hydroxylation is 2. The molecule has 2 aromatic rings. The summed E-state index contributed by atoms with van der Waals surface area (Å²) in [7, 11) is 0. The highest BCUT2D eigenvalue weighted by molar-refractivity contribution is 5.85. The van der Waals surface area contributed by atoms with Crippen LogP contribution in [0.3, 0.4) is 0 Å². The van der Waals surface area contributed by atoms with Crippen LogP contribution in [0, 0.1) is 13.8 Å². The number of hydrogen-bond acceptors (Lipinski definition) is 3. The van der Waals surface area contributed by atoms with Crippen LogP contribution in [0.4, 0.5) is 0 Å². The van der Waals surface area contributed by atoms with E-state index in [0.29, 0.717) is 12.3 Å². The molecular weight excluding hydrogens is 304 g/mol. The largest absolute Gasteiger partial charge is 0.484 e. The average Bonchev–Trinajstić information content (AvgIpc) is 2.59. The van der Waals surface area contributed by atoms with E-state index >= 15 is 0 Å². The third-order valence-electron chi connectivity index (χ3n) is 3.45. The van der Waals surface area contributed by atoms with Gasteiger partial charge in [0.1, 0.15) is 5.75 Å². The standard InChI is InChI=1S/C19H22N2O3/c1-14-3-7-16(8-4-14)11-20-18(22)12-21-19(23)13-24-17-9-5-15(2)6-10-17/h3-10H,11-13H2,1-2H3,(H,20,22)(H,21,23). The zero-order valence-electron chi connectivity index (χ0n) is 14.0. The predicted octanol–water partition coefficient (Wildman–Crippen LogP) is 2.11. The molecule has 0 aliphatic carbocycles. The van der Waals surface area contributed by atoms with Gasteiger partial charge in [-0.2, -0.15) is 0 Å². The van der Waals surface area contributed by atoms with Gasteiger partial charge in [-0.25, -0.2) is 0 Å². The van der Waals surface area contributed by atoms with Crippen molar-refractivity contribution in [2.45, 2.75) is 20.4 Å². The summed E-state index contributed by atoms with van der Waals surface area (Å²) in [6, 6.07) is 15.3. The Bertz CT molecular complexity index is 617. The maximum atomic E-state index is 11.7. The minimum absolute atomic E-state index is 0.0675. The number of hydrogen-bond donors (Lipinski definition) is 2. The highest BCUT2D eigenvalue weighted by Gasteiger charge is 2.06. The first-order chi connectivity index (χ1) is 11.5. The van der Waals surface area contributed by atoms with Crippen LogP contribution in [0.25, 0.3) is 0 Å². The molecule has 5 heteroatoms. The van der Waals surface area contributed by atoms with E-state index in [-0.39, 0.29) is 25.0 Å². The topological polar surface area (TPSA) is 67.4 Å². The molecule has 0 aromatic heterocycles. The molecule has 0 saturated heterocycles. The number of rotatable bonds is 7. The summed E-state index contributed by atoms with van der Waals surface area (Å²) >= 11 is 0. The number of ether oxygens (including phenoxy) is 1. The maximum absolute atomic E-state index is 11.7. The smallest absolute Gasteiger partial charge is 0.258 e. The molecule has 0 fully saturated rings. The van der Waals surface area contributed by atoms with Gasteiger partial charge in [0.05, 0.1) is 6.54 Å². The van der Waals surface area contributed by atoms with E-state index in [4.69, 9.17) is 4.74 Å². The van der Waals surface area contributed by atoms with Crippen molar-refractivity contribution in [3.05, 3.63) is 65.2 Å². The summed E-state index contributed by atoms with van der Waals surface area (Å²) in [6.45, 7) is 4.24. The van der Waals surface area contributed by atoms with Crippen LogP contribution >= 0.6 is 0 Å². The van der Waals surface area contributed by atoms with Gasteiger partial charge in [-0.05, 0) is 31.5 Å². The van der Waals surface area contributed by atoms with Crippen LogP contribution in [0.1, 0.15) is 16.7 Å². The lowest BCUT2D eigenvalue weighted by Crippen LogP contribution is -2.38. The molecule has 2 N–H and O–H groups in total. The monoisotopic (exact) mass is 326 g/mol. The van der Waals surface area contributed by atoms with E-state index in [9.17, 15) is 9.59 Å². The second kappa shape index (κ2) is 8.72. The summed E-state index contributed by atoms with van der Waals surface area (Å²) in [5.41, 5.74) is 3.31. The van der Waals surface area contributed by atoms with Gasteiger partial charge in [-0.3, -0.25) is 9.59 Å². The van der Waals surface area contributed by atoms with Gasteiger partial charge in [0, 0.05) is 6.54 Å². The van der Waals surface area contributed by atoms with Crippen molar-refractivity contribution in [3.63, 3.8) is 0 Å². The SMILES string of the molecule is Cc1ccc(CNC(=O)CNC(=O)COc2ccc(C)cc2)cc1. The van der Waals surface area contributed by atoms with E-state index in [2.05, 4.69) is 10.6 Å². The summed E-state index contributed by atoms with van der Waals surface area (Å²) < 4.78 is 5.35. The molecule has 2 aromatic carbocycles. The van der Waals surface area contributed by atoms with Crippen molar-refractivity contribution >= 4 is 11.8 Å². The van der Waals surface area contributed by atoms with E-state index in [1.807, 2.05) is 50.2 Å². The van der Waals surface area contributed by atoms with Crippen LogP contribution in [0.15, 0.2) is 48.5 Å². The molecule has 2 amide bonds. The molecule has 0 radical (unpaired) electrons. The van der Waals surface area contributed by atoms with Gasteiger partial charge in [-0.15, -0.1) is 0 Å². The second-order valence-corrected chi connectivity index (χ2v) is 5.64. The van der Waals surface area contributed by atoms with Gasteiger partial charge in [0.2, 0.25) is 5.91 Å². The Morgan fingerprint density at radius 2 is 1.42 bits per heavy atom. The molecule has 0 unspecified atom stereocenters. The number of nitrogens with one attached hydrogen (secondary N) is 2. The summed E-state index contributed by atoms with van der Waals surface area (Å²) in [5, 5.41) is 5.29. The Kier molecular flexibility index (Phi) is 6.37. The Balaban J connectivity index is 1.64. The summed E-state index contributed by atoms with van der Waals surface area (Å²) in [6.07, 6.45) is 0. The van der Waals surface area contributed by atoms with Gasteiger partial charge in [0.15, 0.2) is 6.61 Å². The third kappa shape index (κ3) is 6.12. The van der Waals surface area contributed by atoms with Crippen LogP contribution < -0.4 is 15.4 Å². The molecule has 0 spiro atoms. The highest BCUT2D eigenvalue weighted by atomic mass is 16.5. The fourth-order valence-electron chi connectivity index (χ4n) is 1.98. The zero-order chi connectivity index (χ0) is 17.4. The Morgan fingerprint density at radius 1 is 0.833 bits per heavy atom. The van der Waals surface area contributed by atoms with Gasteiger partial charge < -0.3 is 15.4 Å². The van der Waals surface area contributed by atoms with E-state index in [1.54, 1.807) is 12.1 Å². The van der Waals surface area contributed by atoms with E-state index < -0.39 is 0 Å². The zero-order valence-corrected chi connectivity index (χ0v) is 14.0. The van der Waals surface area contributed by atoms with Gasteiger partial charge >= 0.3 is 0 Å². The summed E-state index contributed by atoms with van der Waals surface area (Å²) in [5.74, 6) is 0.0555. The molecule has 126 valence electrons. The lowest BCUT2D eigenvalue weighted by molar-refractivity contribution is -0.127. The summed E-state index contributed by atoms with van der Waals surface area (Å²) in [4.78, 5) is 23.4. The fourth-order valence-corrected chi connectivity index (χ4v) is 1.98. The Labute approximate surface area is 142 Å². The lowest BCUT2D eigenvalue weighted by Gasteiger charge is -2.09. The lowest BCUT2D eigenvalue weighted by atomic mass is 10.1. The first-order valence-corrected chi connectivity index (χ1v) is 7.81. The van der Waals surface area contributed by atoms with Crippen LogP contribution in [0.2, 0.25) is 0 Å². The van der Waals surface area contributed by atoms with Crippen molar-refractivity contribution in [3.8, 4) is 5.75 Å². The van der Waals surface area contributed by atoms with Crippen LogP contribution in [-0.4, -0.2) is 25.0 Å². The fraction of sp³-hybridized carbons (Fsp3) is 0.263. The maximum Gasteiger partial charge on any atom is 0.258 e. The molecule has 0 bridgehead atoms. The van der Waals surface area contributed by atoms with Crippen molar-refractivity contribution < 1.29 is 14.3 Å². The van der Waals surface area contributed by atoms with E-state index in [0.717, 1.165) is 11.1 Å². The van der Waals surface area contributed by atoms with Crippen LogP contribution in [0.5, 0.6) is 5.75 Å². The second-order valence-electron chi connectivity index (χ2n) is 5.64. The first kappa shape index (κ1) is 17.5. The quantitative estimate of drug-likeness (QED) is 0.819. The Hall–Kier alpha value is -2.82. The molecule has 0 atom stereocenters. The number of carbonyl (C=O) groups is 2. The molecule has 2 rings (SSSR count). The van der Waals surface area contributed by atoms with Gasteiger partial charge in [0.25, 0.3) is 5.91 Å². The molecular formula is C19H22N2O3.